The van der Waals surface area contributed by atoms with Crippen molar-refractivity contribution in [2.75, 3.05) is 25.1 Å². The first-order valence-corrected chi connectivity index (χ1v) is 5.96. The second-order valence-corrected chi connectivity index (χ2v) is 4.59. The van der Waals surface area contributed by atoms with E-state index < -0.39 is 4.92 Å². The number of rotatable bonds is 3. The molecule has 1 aromatic heterocycles. The van der Waals surface area contributed by atoms with Crippen molar-refractivity contribution in [3.63, 3.8) is 0 Å². The highest BCUT2D eigenvalue weighted by atomic mass is 16.6. The van der Waals surface area contributed by atoms with E-state index in [1.54, 1.807) is 14.0 Å². The number of nitrogens with zero attached hydrogens (tertiary/aromatic N) is 4. The Balaban J connectivity index is 2.29. The van der Waals surface area contributed by atoms with Crippen LogP contribution in [0, 0.1) is 23.0 Å². The van der Waals surface area contributed by atoms with Crippen LogP contribution >= 0.6 is 0 Å². The molecule has 1 aliphatic rings. The van der Waals surface area contributed by atoms with E-state index in [1.165, 1.54) is 11.8 Å². The van der Waals surface area contributed by atoms with Crippen LogP contribution in [0.3, 0.4) is 0 Å². The molecule has 1 atom stereocenters. The number of anilines is 1. The molecule has 0 aromatic carbocycles. The van der Waals surface area contributed by atoms with Gasteiger partial charge < -0.3 is 9.64 Å². The number of methoxy groups -OCH3 is 1. The van der Waals surface area contributed by atoms with Gasteiger partial charge in [-0.15, -0.1) is 0 Å². The molecule has 1 unspecified atom stereocenters. The molecule has 1 saturated heterocycles. The lowest BCUT2D eigenvalue weighted by Crippen LogP contribution is -2.25. The number of ether oxygens (including phenoxy) is 1. The predicted molar refractivity (Wildman–Crippen MR) is 66.9 cm³/mol. The molecule has 8 nitrogen and oxygen atoms in total. The zero-order valence-corrected chi connectivity index (χ0v) is 11.1. The molecule has 0 spiro atoms. The monoisotopic (exact) mass is 268 g/mol. The van der Waals surface area contributed by atoms with Crippen LogP contribution in [0.5, 0.6) is 0 Å². The highest BCUT2D eigenvalue weighted by Gasteiger charge is 2.35. The van der Waals surface area contributed by atoms with Gasteiger partial charge in [0.15, 0.2) is 0 Å². The minimum absolute atomic E-state index is 0.00742. The molecule has 0 amide bonds. The Morgan fingerprint density at radius 1 is 1.58 bits per heavy atom. The van der Waals surface area contributed by atoms with Crippen LogP contribution in [-0.2, 0) is 16.6 Å². The Kier molecular flexibility index (Phi) is 3.41. The van der Waals surface area contributed by atoms with Crippen LogP contribution in [0.15, 0.2) is 0 Å². The topological polar surface area (TPSA) is 90.5 Å². The van der Waals surface area contributed by atoms with Gasteiger partial charge in [-0.3, -0.25) is 14.9 Å². The fourth-order valence-corrected chi connectivity index (χ4v) is 2.51. The molecule has 1 aromatic rings. The Morgan fingerprint density at radius 3 is 2.84 bits per heavy atom. The predicted octanol–water partition coefficient (Wildman–Crippen LogP) is 0.636. The minimum atomic E-state index is -0.427. The summed E-state index contributed by atoms with van der Waals surface area (Å²) in [6.45, 7) is 2.61. The lowest BCUT2D eigenvalue weighted by molar-refractivity contribution is -0.384. The van der Waals surface area contributed by atoms with Crippen molar-refractivity contribution in [2.45, 2.75) is 13.3 Å². The summed E-state index contributed by atoms with van der Waals surface area (Å²) in [6, 6.07) is 0. The van der Waals surface area contributed by atoms with Crippen molar-refractivity contribution in [2.24, 2.45) is 13.0 Å². The molecule has 1 fully saturated rings. The van der Waals surface area contributed by atoms with E-state index in [1.807, 2.05) is 4.90 Å². The van der Waals surface area contributed by atoms with Crippen molar-refractivity contribution in [1.29, 1.82) is 0 Å². The summed E-state index contributed by atoms with van der Waals surface area (Å²) >= 11 is 0. The third kappa shape index (κ3) is 2.25. The highest BCUT2D eigenvalue weighted by Crippen LogP contribution is 2.34. The van der Waals surface area contributed by atoms with E-state index in [0.717, 1.165) is 0 Å². The van der Waals surface area contributed by atoms with Gasteiger partial charge in [-0.25, -0.2) is 4.68 Å². The number of aromatic nitrogens is 2. The molecule has 0 bridgehead atoms. The van der Waals surface area contributed by atoms with Gasteiger partial charge in [-0.1, -0.05) is 0 Å². The number of aryl methyl sites for hydroxylation is 2. The van der Waals surface area contributed by atoms with Crippen molar-refractivity contribution in [3.8, 4) is 0 Å². The molecule has 8 heteroatoms. The lowest BCUT2D eigenvalue weighted by atomic mass is 10.1. The van der Waals surface area contributed by atoms with E-state index in [9.17, 15) is 14.9 Å². The average Bonchev–Trinajstić information content (AvgIpc) is 2.92. The molecule has 2 rings (SSSR count). The molecule has 1 aliphatic heterocycles. The van der Waals surface area contributed by atoms with E-state index in [2.05, 4.69) is 5.10 Å². The first-order chi connectivity index (χ1) is 8.95. The number of nitro groups is 1. The molecular formula is C11H16N4O4. The van der Waals surface area contributed by atoms with Crippen LogP contribution in [-0.4, -0.2) is 40.9 Å². The van der Waals surface area contributed by atoms with Crippen LogP contribution in [0.1, 0.15) is 12.1 Å². The summed E-state index contributed by atoms with van der Waals surface area (Å²) in [6.07, 6.45) is 0.633. The van der Waals surface area contributed by atoms with Gasteiger partial charge >= 0.3 is 11.7 Å². The van der Waals surface area contributed by atoms with Crippen LogP contribution in [0.25, 0.3) is 0 Å². The molecular weight excluding hydrogens is 252 g/mol. The minimum Gasteiger partial charge on any atom is -0.469 e. The normalized spacial score (nSPS) is 18.7. The van der Waals surface area contributed by atoms with Gasteiger partial charge in [0, 0.05) is 20.1 Å². The maximum Gasteiger partial charge on any atom is 0.333 e. The third-order valence-corrected chi connectivity index (χ3v) is 3.37. The summed E-state index contributed by atoms with van der Waals surface area (Å²) in [5, 5.41) is 15.2. The Bertz CT molecular complexity index is 525. The number of hydrogen-bond donors (Lipinski definition) is 0. The second kappa shape index (κ2) is 4.87. The van der Waals surface area contributed by atoms with Crippen molar-refractivity contribution < 1.29 is 14.5 Å². The van der Waals surface area contributed by atoms with Crippen LogP contribution in [0.4, 0.5) is 11.5 Å². The third-order valence-electron chi connectivity index (χ3n) is 3.37. The molecule has 0 N–H and O–H groups in total. The SMILES string of the molecule is COC(=O)C1CCN(c2c([N+](=O)[O-])c(C)nn2C)C1. The van der Waals surface area contributed by atoms with Crippen LogP contribution < -0.4 is 4.90 Å². The van der Waals surface area contributed by atoms with E-state index >= 15 is 0 Å². The van der Waals surface area contributed by atoms with Crippen molar-refractivity contribution in [1.82, 2.24) is 9.78 Å². The van der Waals surface area contributed by atoms with Crippen LogP contribution in [0.2, 0.25) is 0 Å². The second-order valence-electron chi connectivity index (χ2n) is 4.59. The van der Waals surface area contributed by atoms with Crippen molar-refractivity contribution in [3.05, 3.63) is 15.8 Å². The van der Waals surface area contributed by atoms with Gasteiger partial charge in [-0.05, 0) is 13.3 Å². The quantitative estimate of drug-likeness (QED) is 0.454. The number of carbonyl (C=O) groups excluding carboxylic acids is 1. The van der Waals surface area contributed by atoms with Gasteiger partial charge in [0.2, 0.25) is 5.82 Å². The number of hydrogen-bond acceptors (Lipinski definition) is 6. The standard InChI is InChI=1S/C11H16N4O4/c1-7-9(15(17)18)10(13(2)12-7)14-5-4-8(6-14)11(16)19-3/h8H,4-6H2,1-3H3. The van der Waals surface area contributed by atoms with E-state index in [0.29, 0.717) is 31.0 Å². The molecule has 2 heterocycles. The van der Waals surface area contributed by atoms with Crippen molar-refractivity contribution >= 4 is 17.5 Å². The first kappa shape index (κ1) is 13.3. The molecule has 0 saturated carbocycles. The largest absolute Gasteiger partial charge is 0.469 e. The molecule has 104 valence electrons. The summed E-state index contributed by atoms with van der Waals surface area (Å²) in [4.78, 5) is 24.0. The van der Waals surface area contributed by atoms with Gasteiger partial charge in [0.25, 0.3) is 0 Å². The molecule has 0 radical (unpaired) electrons. The fourth-order valence-electron chi connectivity index (χ4n) is 2.51. The summed E-state index contributed by atoms with van der Waals surface area (Å²) in [7, 11) is 3.02. The van der Waals surface area contributed by atoms with Gasteiger partial charge in [-0.2, -0.15) is 5.10 Å². The average molecular weight is 268 g/mol. The Labute approximate surface area is 110 Å². The number of carbonyl (C=O) groups is 1. The maximum atomic E-state index is 11.5. The first-order valence-electron chi connectivity index (χ1n) is 5.96. The highest BCUT2D eigenvalue weighted by molar-refractivity contribution is 5.74. The fraction of sp³-hybridized carbons (Fsp3) is 0.636. The van der Waals surface area contributed by atoms with E-state index in [-0.39, 0.29) is 17.6 Å². The van der Waals surface area contributed by atoms with E-state index in [4.69, 9.17) is 4.74 Å². The summed E-state index contributed by atoms with van der Waals surface area (Å²) in [5.74, 6) is -0.0576. The smallest absolute Gasteiger partial charge is 0.333 e. The zero-order chi connectivity index (χ0) is 14.2. The summed E-state index contributed by atoms with van der Waals surface area (Å²) < 4.78 is 6.20. The van der Waals surface area contributed by atoms with Gasteiger partial charge in [0.05, 0.1) is 18.0 Å². The Hall–Kier alpha value is -2.12. The molecule has 19 heavy (non-hydrogen) atoms. The maximum absolute atomic E-state index is 11.5. The van der Waals surface area contributed by atoms with Gasteiger partial charge in [0.1, 0.15) is 5.69 Å². The number of esters is 1. The Morgan fingerprint density at radius 2 is 2.26 bits per heavy atom. The lowest BCUT2D eigenvalue weighted by Gasteiger charge is -2.17. The summed E-state index contributed by atoms with van der Waals surface area (Å²) in [5.41, 5.74) is 0.386. The molecule has 0 aliphatic carbocycles. The zero-order valence-electron chi connectivity index (χ0n) is 11.1.